The molecule has 0 aromatic heterocycles. The van der Waals surface area contributed by atoms with E-state index in [0.717, 1.165) is 5.69 Å². The average Bonchev–Trinajstić information content (AvgIpc) is 2.64. The number of hydrogen-bond donors (Lipinski definition) is 3. The highest BCUT2D eigenvalue weighted by Gasteiger charge is 2.10. The maximum absolute atomic E-state index is 12.4. The largest absolute Gasteiger partial charge is 0.507 e. The van der Waals surface area contributed by atoms with Crippen LogP contribution in [0.15, 0.2) is 84.0 Å². The van der Waals surface area contributed by atoms with E-state index in [-0.39, 0.29) is 11.7 Å². The lowest BCUT2D eigenvalue weighted by Gasteiger charge is -2.10. The third-order valence-corrected chi connectivity index (χ3v) is 3.53. The summed E-state index contributed by atoms with van der Waals surface area (Å²) < 4.78 is 0. The molecular weight excluding hydrogens is 314 g/mol. The molecule has 0 spiro atoms. The Balaban J connectivity index is 1.73. The fourth-order valence-electron chi connectivity index (χ4n) is 2.28. The molecule has 0 radical (unpaired) electrons. The van der Waals surface area contributed by atoms with Crippen molar-refractivity contribution in [3.8, 4) is 5.75 Å². The van der Waals surface area contributed by atoms with Crippen molar-refractivity contribution in [2.24, 2.45) is 5.10 Å². The first-order chi connectivity index (χ1) is 12.2. The lowest BCUT2D eigenvalue weighted by molar-refractivity contribution is 0.0956. The van der Waals surface area contributed by atoms with Crippen LogP contribution in [0.5, 0.6) is 5.75 Å². The summed E-state index contributed by atoms with van der Waals surface area (Å²) in [4.78, 5) is 12.4. The number of benzene rings is 3. The molecule has 0 saturated carbocycles. The Hall–Kier alpha value is -3.60. The van der Waals surface area contributed by atoms with Gasteiger partial charge in [-0.2, -0.15) is 5.10 Å². The monoisotopic (exact) mass is 331 g/mol. The molecule has 0 saturated heterocycles. The zero-order chi connectivity index (χ0) is 17.5. The number of amides is 1. The van der Waals surface area contributed by atoms with Gasteiger partial charge in [0.1, 0.15) is 5.75 Å². The van der Waals surface area contributed by atoms with Gasteiger partial charge in [0.05, 0.1) is 17.5 Å². The molecule has 0 atom stereocenters. The summed E-state index contributed by atoms with van der Waals surface area (Å²) in [5, 5.41) is 16.8. The molecular formula is C20H17N3O2. The van der Waals surface area contributed by atoms with Crippen molar-refractivity contribution >= 4 is 23.5 Å². The van der Waals surface area contributed by atoms with Crippen molar-refractivity contribution in [1.82, 2.24) is 5.43 Å². The number of carbonyl (C=O) groups excluding carboxylic acids is 1. The van der Waals surface area contributed by atoms with E-state index in [1.54, 1.807) is 36.4 Å². The van der Waals surface area contributed by atoms with Gasteiger partial charge in [-0.15, -0.1) is 0 Å². The van der Waals surface area contributed by atoms with Crippen LogP contribution in [-0.2, 0) is 0 Å². The number of anilines is 2. The molecule has 0 unspecified atom stereocenters. The highest BCUT2D eigenvalue weighted by molar-refractivity contribution is 6.00. The second kappa shape index (κ2) is 7.79. The van der Waals surface area contributed by atoms with E-state index in [4.69, 9.17) is 0 Å². The Kier molecular flexibility index (Phi) is 5.07. The highest BCUT2D eigenvalue weighted by atomic mass is 16.3. The SMILES string of the molecule is O=C(NN=Cc1ccccc1O)c1ccccc1Nc1ccccc1. The molecule has 124 valence electrons. The summed E-state index contributed by atoms with van der Waals surface area (Å²) in [6.45, 7) is 0. The fourth-order valence-corrected chi connectivity index (χ4v) is 2.28. The van der Waals surface area contributed by atoms with Gasteiger partial charge in [-0.25, -0.2) is 5.43 Å². The van der Waals surface area contributed by atoms with E-state index in [1.165, 1.54) is 6.21 Å². The smallest absolute Gasteiger partial charge is 0.273 e. The summed E-state index contributed by atoms with van der Waals surface area (Å²) in [6.07, 6.45) is 1.40. The maximum Gasteiger partial charge on any atom is 0.273 e. The second-order valence-electron chi connectivity index (χ2n) is 5.29. The van der Waals surface area contributed by atoms with Crippen LogP contribution in [-0.4, -0.2) is 17.2 Å². The molecule has 3 N–H and O–H groups in total. The summed E-state index contributed by atoms with van der Waals surface area (Å²) >= 11 is 0. The number of phenols is 1. The van der Waals surface area contributed by atoms with Crippen LogP contribution in [0.3, 0.4) is 0 Å². The number of nitrogens with one attached hydrogen (secondary N) is 2. The third-order valence-electron chi connectivity index (χ3n) is 3.53. The number of nitrogens with zero attached hydrogens (tertiary/aromatic N) is 1. The zero-order valence-corrected chi connectivity index (χ0v) is 13.4. The Bertz CT molecular complexity index is 892. The minimum absolute atomic E-state index is 0.103. The molecule has 5 nitrogen and oxygen atoms in total. The zero-order valence-electron chi connectivity index (χ0n) is 13.4. The molecule has 3 rings (SSSR count). The quantitative estimate of drug-likeness (QED) is 0.490. The van der Waals surface area contributed by atoms with Crippen molar-refractivity contribution < 1.29 is 9.90 Å². The first-order valence-corrected chi connectivity index (χ1v) is 7.76. The maximum atomic E-state index is 12.4. The van der Waals surface area contributed by atoms with Crippen molar-refractivity contribution in [2.45, 2.75) is 0 Å². The van der Waals surface area contributed by atoms with Gasteiger partial charge in [0.25, 0.3) is 5.91 Å². The van der Waals surface area contributed by atoms with E-state index >= 15 is 0 Å². The summed E-state index contributed by atoms with van der Waals surface area (Å²) in [5.74, 6) is -0.239. The van der Waals surface area contributed by atoms with E-state index in [2.05, 4.69) is 15.8 Å². The van der Waals surface area contributed by atoms with Crippen LogP contribution < -0.4 is 10.7 Å². The van der Waals surface area contributed by atoms with Gasteiger partial charge in [0, 0.05) is 11.3 Å². The third kappa shape index (κ3) is 4.23. The normalized spacial score (nSPS) is 10.6. The predicted molar refractivity (Wildman–Crippen MR) is 99.3 cm³/mol. The van der Waals surface area contributed by atoms with E-state index in [0.29, 0.717) is 16.8 Å². The van der Waals surface area contributed by atoms with Gasteiger partial charge in [-0.3, -0.25) is 4.79 Å². The standard InChI is InChI=1S/C20H17N3O2/c24-19-13-7-4-8-15(19)14-21-23-20(25)17-11-5-6-12-18(17)22-16-9-2-1-3-10-16/h1-14,22,24H,(H,23,25). The topological polar surface area (TPSA) is 73.7 Å². The first-order valence-electron chi connectivity index (χ1n) is 7.76. The molecule has 0 heterocycles. The molecule has 0 bridgehead atoms. The van der Waals surface area contributed by atoms with Gasteiger partial charge >= 0.3 is 0 Å². The van der Waals surface area contributed by atoms with Crippen molar-refractivity contribution in [2.75, 3.05) is 5.32 Å². The molecule has 25 heavy (non-hydrogen) atoms. The molecule has 3 aromatic rings. The molecule has 5 heteroatoms. The van der Waals surface area contributed by atoms with Crippen LogP contribution in [0.1, 0.15) is 15.9 Å². The number of aromatic hydroxyl groups is 1. The van der Waals surface area contributed by atoms with Crippen molar-refractivity contribution in [3.63, 3.8) is 0 Å². The predicted octanol–water partition coefficient (Wildman–Crippen LogP) is 3.90. The van der Waals surface area contributed by atoms with Gasteiger partial charge in [-0.1, -0.05) is 42.5 Å². The Labute approximate surface area is 145 Å². The second-order valence-corrected chi connectivity index (χ2v) is 5.29. The minimum Gasteiger partial charge on any atom is -0.507 e. The fraction of sp³-hybridized carbons (Fsp3) is 0. The summed E-state index contributed by atoms with van der Waals surface area (Å²) in [5.41, 5.74) is 5.05. The van der Waals surface area contributed by atoms with E-state index in [9.17, 15) is 9.90 Å². The van der Waals surface area contributed by atoms with Gasteiger partial charge < -0.3 is 10.4 Å². The Morgan fingerprint density at radius 3 is 2.36 bits per heavy atom. The molecule has 0 fully saturated rings. The Morgan fingerprint density at radius 2 is 1.56 bits per heavy atom. The lowest BCUT2D eigenvalue weighted by atomic mass is 10.1. The number of para-hydroxylation sites is 3. The van der Waals surface area contributed by atoms with E-state index < -0.39 is 0 Å². The number of carbonyl (C=O) groups is 1. The van der Waals surface area contributed by atoms with Gasteiger partial charge in [0.2, 0.25) is 0 Å². The van der Waals surface area contributed by atoms with Crippen molar-refractivity contribution in [3.05, 3.63) is 90.0 Å². The van der Waals surface area contributed by atoms with Gasteiger partial charge in [0.15, 0.2) is 0 Å². The summed E-state index contributed by atoms with van der Waals surface area (Å²) in [6, 6.07) is 23.6. The number of hydrazone groups is 1. The number of hydrogen-bond acceptors (Lipinski definition) is 4. The first kappa shape index (κ1) is 16.3. The molecule has 0 aliphatic rings. The molecule has 0 aliphatic heterocycles. The van der Waals surface area contributed by atoms with Crippen LogP contribution in [0.4, 0.5) is 11.4 Å². The molecule has 3 aromatic carbocycles. The number of phenolic OH excluding ortho intramolecular Hbond substituents is 1. The minimum atomic E-state index is -0.342. The average molecular weight is 331 g/mol. The summed E-state index contributed by atoms with van der Waals surface area (Å²) in [7, 11) is 0. The van der Waals surface area contributed by atoms with E-state index in [1.807, 2.05) is 42.5 Å². The van der Waals surface area contributed by atoms with Crippen LogP contribution in [0, 0.1) is 0 Å². The van der Waals surface area contributed by atoms with Crippen LogP contribution in [0.2, 0.25) is 0 Å². The lowest BCUT2D eigenvalue weighted by Crippen LogP contribution is -2.18. The highest BCUT2D eigenvalue weighted by Crippen LogP contribution is 2.20. The number of rotatable bonds is 5. The van der Waals surface area contributed by atoms with Crippen LogP contribution >= 0.6 is 0 Å². The molecule has 0 aliphatic carbocycles. The van der Waals surface area contributed by atoms with Crippen LogP contribution in [0.25, 0.3) is 0 Å². The Morgan fingerprint density at radius 1 is 0.880 bits per heavy atom. The molecule has 1 amide bonds. The van der Waals surface area contributed by atoms with Crippen molar-refractivity contribution in [1.29, 1.82) is 0 Å². The van der Waals surface area contributed by atoms with Gasteiger partial charge in [-0.05, 0) is 36.4 Å².